The zero-order chi connectivity index (χ0) is 29.4. The molecule has 40 heavy (non-hydrogen) atoms. The zero-order valence-corrected chi connectivity index (χ0v) is 21.1. The minimum Gasteiger partial charge on any atom is -0.312 e. The van der Waals surface area contributed by atoms with Crippen LogP contribution in [0.4, 0.5) is 19.0 Å². The van der Waals surface area contributed by atoms with Crippen molar-refractivity contribution in [1.82, 2.24) is 39.0 Å². The molecule has 0 bridgehead atoms. The number of imidazole rings is 1. The highest BCUT2D eigenvalue weighted by Gasteiger charge is 2.34. The van der Waals surface area contributed by atoms with Crippen LogP contribution in [0.3, 0.4) is 0 Å². The smallest absolute Gasteiger partial charge is 0.312 e. The van der Waals surface area contributed by atoms with E-state index in [0.717, 1.165) is 23.9 Å². The van der Waals surface area contributed by atoms with E-state index in [0.29, 0.717) is 4.57 Å². The van der Waals surface area contributed by atoms with Gasteiger partial charge in [-0.3, -0.25) is 29.1 Å². The van der Waals surface area contributed by atoms with Crippen LogP contribution in [0.1, 0.15) is 25.7 Å². The maximum absolute atomic E-state index is 13.2. The predicted molar refractivity (Wildman–Crippen MR) is 132 cm³/mol. The van der Waals surface area contributed by atoms with Crippen LogP contribution in [0.2, 0.25) is 0 Å². The van der Waals surface area contributed by atoms with Crippen molar-refractivity contribution in [2.75, 3.05) is 5.32 Å². The molecule has 1 unspecified atom stereocenters. The van der Waals surface area contributed by atoms with Gasteiger partial charge in [-0.2, -0.15) is 13.2 Å². The number of anilines is 1. The quantitative estimate of drug-likeness (QED) is 0.343. The number of hydrogen-bond acceptors (Lipinski definition) is 9. The maximum atomic E-state index is 13.2. The fraction of sp³-hybridized carbons (Fsp3) is 0.261. The fourth-order valence-corrected chi connectivity index (χ4v) is 3.73. The van der Waals surface area contributed by atoms with Crippen LogP contribution in [0, 0.1) is 0 Å². The van der Waals surface area contributed by atoms with Crippen molar-refractivity contribution >= 4 is 34.7 Å². The molecule has 17 heteroatoms. The molecule has 2 N–H and O–H groups in total. The second-order valence-electron chi connectivity index (χ2n) is 8.53. The van der Waals surface area contributed by atoms with Gasteiger partial charge in [0.1, 0.15) is 18.4 Å². The van der Waals surface area contributed by atoms with Gasteiger partial charge < -0.3 is 9.88 Å². The molecule has 4 rings (SSSR count). The zero-order valence-electron chi connectivity index (χ0n) is 21.1. The number of aryl methyl sites for hydroxylation is 1. The third-order valence-electron chi connectivity index (χ3n) is 5.67. The predicted octanol–water partition coefficient (Wildman–Crippen LogP) is 0.630. The van der Waals surface area contributed by atoms with Crippen LogP contribution in [-0.4, -0.2) is 51.4 Å². The van der Waals surface area contributed by atoms with Gasteiger partial charge in [0.05, 0.1) is 12.0 Å². The largest absolute Gasteiger partial charge is 0.451 e. The summed E-state index contributed by atoms with van der Waals surface area (Å²) < 4.78 is 41.1. The third kappa shape index (κ3) is 5.47. The van der Waals surface area contributed by atoms with Gasteiger partial charge in [-0.25, -0.2) is 29.3 Å². The van der Waals surface area contributed by atoms with Crippen LogP contribution in [0.15, 0.2) is 46.5 Å². The summed E-state index contributed by atoms with van der Waals surface area (Å²) in [5.74, 6) is -3.47. The van der Waals surface area contributed by atoms with E-state index in [1.807, 2.05) is 5.32 Å². The molecule has 0 radical (unpaired) electrons. The van der Waals surface area contributed by atoms with E-state index in [4.69, 9.17) is 0 Å². The summed E-state index contributed by atoms with van der Waals surface area (Å²) in [5.41, 5.74) is -1.59. The molecule has 0 aliphatic rings. The van der Waals surface area contributed by atoms with Gasteiger partial charge in [0.15, 0.2) is 11.2 Å². The number of alkyl halides is 3. The Bertz CT molecular complexity index is 1760. The number of rotatable bonds is 6. The lowest BCUT2D eigenvalue weighted by Gasteiger charge is -2.15. The molecular weight excluding hydrogens is 539 g/mol. The highest BCUT2D eigenvalue weighted by Crippen LogP contribution is 2.27. The number of pyridine rings is 1. The first-order valence-electron chi connectivity index (χ1n) is 11.4. The van der Waals surface area contributed by atoms with E-state index in [-0.39, 0.29) is 28.2 Å². The summed E-state index contributed by atoms with van der Waals surface area (Å²) in [5, 5.41) is 4.53. The van der Waals surface area contributed by atoms with Gasteiger partial charge in [0, 0.05) is 31.9 Å². The summed E-state index contributed by atoms with van der Waals surface area (Å²) >= 11 is 0. The Labute approximate surface area is 221 Å². The number of aromatic nitrogens is 7. The van der Waals surface area contributed by atoms with Gasteiger partial charge in [-0.15, -0.1) is 0 Å². The number of carbonyl (C=O) groups excluding carboxylic acids is 3. The van der Waals surface area contributed by atoms with Crippen LogP contribution in [-0.2, 0) is 34.2 Å². The number of halogens is 3. The first-order chi connectivity index (χ1) is 18.8. The lowest BCUT2D eigenvalue weighted by Crippen LogP contribution is -2.44. The second-order valence-corrected chi connectivity index (χ2v) is 8.53. The highest BCUT2D eigenvalue weighted by atomic mass is 19.4. The molecule has 0 saturated carbocycles. The lowest BCUT2D eigenvalue weighted by molar-refractivity contribution is -0.145. The van der Waals surface area contributed by atoms with Crippen LogP contribution in [0.25, 0.3) is 22.4 Å². The molecular formula is C23H20F3N9O5. The molecule has 4 aromatic rings. The number of carbonyl (C=O) groups is 3. The Hall–Kier alpha value is -5.22. The first-order valence-corrected chi connectivity index (χ1v) is 11.4. The van der Waals surface area contributed by atoms with Gasteiger partial charge in [0.25, 0.3) is 5.56 Å². The Morgan fingerprint density at radius 1 is 1.07 bits per heavy atom. The molecule has 0 aromatic carbocycles. The SMILES string of the molecule is CC(=O)NC(=O)Cn1c(=O)c2c(ncn2C(C)C(=O)Nc2cccc(-c3cnc(C(F)(F)F)nc3)n2)n(C)c1=O. The molecule has 1 atom stereocenters. The number of nitrogens with zero attached hydrogens (tertiary/aromatic N) is 7. The minimum absolute atomic E-state index is 0.0414. The van der Waals surface area contributed by atoms with E-state index in [2.05, 4.69) is 25.3 Å². The molecule has 0 aliphatic heterocycles. The minimum atomic E-state index is -4.70. The van der Waals surface area contributed by atoms with Gasteiger partial charge >= 0.3 is 11.9 Å². The molecule has 14 nitrogen and oxygen atoms in total. The standard InChI is InChI=1S/C23H20F3N9O5/c1-11(19(38)32-15-6-4-5-14(31-15)13-7-27-21(28-8-13)23(24,25)26)35-10-29-18-17(35)20(39)34(22(40)33(18)3)9-16(37)30-12(2)36/h4-8,10-11H,9H2,1-3H3,(H,30,36,37)(H,31,32,38). The van der Waals surface area contributed by atoms with Gasteiger partial charge in [0.2, 0.25) is 23.5 Å². The number of amides is 3. The highest BCUT2D eigenvalue weighted by molar-refractivity contribution is 5.94. The normalized spacial score (nSPS) is 12.2. The Morgan fingerprint density at radius 3 is 2.38 bits per heavy atom. The molecule has 4 heterocycles. The average Bonchev–Trinajstić information content (AvgIpc) is 3.34. The molecule has 3 amide bonds. The van der Waals surface area contributed by atoms with E-state index in [1.165, 1.54) is 43.1 Å². The van der Waals surface area contributed by atoms with E-state index in [1.54, 1.807) is 0 Å². The summed E-state index contributed by atoms with van der Waals surface area (Å²) in [6.07, 6.45) is -1.61. The van der Waals surface area contributed by atoms with E-state index >= 15 is 0 Å². The van der Waals surface area contributed by atoms with Crippen molar-refractivity contribution in [3.63, 3.8) is 0 Å². The van der Waals surface area contributed by atoms with Gasteiger partial charge in [-0.1, -0.05) is 6.07 Å². The fourth-order valence-electron chi connectivity index (χ4n) is 3.73. The number of nitrogens with one attached hydrogen (secondary N) is 2. The van der Waals surface area contributed by atoms with Crippen molar-refractivity contribution in [2.24, 2.45) is 7.05 Å². The Kier molecular flexibility index (Phi) is 7.30. The Balaban J connectivity index is 1.62. The van der Waals surface area contributed by atoms with Crippen LogP contribution in [0.5, 0.6) is 0 Å². The summed E-state index contributed by atoms with van der Waals surface area (Å²) in [6, 6.07) is 3.36. The molecule has 0 aliphatic carbocycles. The van der Waals surface area contributed by atoms with Crippen molar-refractivity contribution < 1.29 is 27.6 Å². The number of fused-ring (bicyclic) bond motifs is 1. The van der Waals surface area contributed by atoms with Crippen LogP contribution < -0.4 is 21.9 Å². The third-order valence-corrected chi connectivity index (χ3v) is 5.67. The molecule has 0 fully saturated rings. The summed E-state index contributed by atoms with van der Waals surface area (Å²) in [4.78, 5) is 77.0. The van der Waals surface area contributed by atoms with Crippen molar-refractivity contribution in [2.45, 2.75) is 32.6 Å². The summed E-state index contributed by atoms with van der Waals surface area (Å²) in [6.45, 7) is 1.80. The number of imide groups is 1. The molecule has 0 saturated heterocycles. The summed E-state index contributed by atoms with van der Waals surface area (Å²) in [7, 11) is 1.33. The topological polar surface area (TPSA) is 176 Å². The number of hydrogen-bond donors (Lipinski definition) is 2. The first kappa shape index (κ1) is 27.8. The van der Waals surface area contributed by atoms with Gasteiger partial charge in [-0.05, 0) is 19.1 Å². The lowest BCUT2D eigenvalue weighted by atomic mass is 10.2. The maximum Gasteiger partial charge on any atom is 0.451 e. The Morgan fingerprint density at radius 2 is 1.75 bits per heavy atom. The van der Waals surface area contributed by atoms with Crippen LogP contribution >= 0.6 is 0 Å². The van der Waals surface area contributed by atoms with Crippen molar-refractivity contribution in [1.29, 1.82) is 0 Å². The molecule has 208 valence electrons. The average molecular weight is 559 g/mol. The van der Waals surface area contributed by atoms with E-state index in [9.17, 15) is 37.1 Å². The molecule has 4 aromatic heterocycles. The van der Waals surface area contributed by atoms with Crippen molar-refractivity contribution in [3.05, 3.63) is 63.6 Å². The second kappa shape index (κ2) is 10.5. The molecule has 0 spiro atoms. The van der Waals surface area contributed by atoms with Crippen molar-refractivity contribution in [3.8, 4) is 11.3 Å². The van der Waals surface area contributed by atoms with E-state index < -0.39 is 53.6 Å². The monoisotopic (exact) mass is 559 g/mol.